The number of para-hydroxylation sites is 1. The summed E-state index contributed by atoms with van der Waals surface area (Å²) in [5, 5.41) is 0. The molecule has 3 aromatic rings. The molecule has 4 nitrogen and oxygen atoms in total. The van der Waals surface area contributed by atoms with Gasteiger partial charge < -0.3 is 9.64 Å². The standard InChI is InChI=1S/C27H26F6N3O/c1-25(22-7-3-4-8-23(22)37-2,36-13-11-35(12-14-36)24-9-5-6-10-34-24)18-19-15-20(26(28,29)30)17-21(16-19)27(31,32)33/h3-10,15-17H,1,11-14,18H2,2H3. The molecule has 1 fully saturated rings. The van der Waals surface area contributed by atoms with Crippen molar-refractivity contribution in [2.75, 3.05) is 38.2 Å². The van der Waals surface area contributed by atoms with E-state index in [1.165, 1.54) is 7.11 Å². The second-order valence-corrected chi connectivity index (χ2v) is 8.98. The minimum atomic E-state index is -4.93. The van der Waals surface area contributed by atoms with Crippen molar-refractivity contribution >= 4 is 5.82 Å². The van der Waals surface area contributed by atoms with Crippen LogP contribution in [0.5, 0.6) is 5.75 Å². The van der Waals surface area contributed by atoms with Gasteiger partial charge in [0.15, 0.2) is 0 Å². The first-order valence-corrected chi connectivity index (χ1v) is 11.6. The van der Waals surface area contributed by atoms with Gasteiger partial charge in [-0.05, 0) is 55.3 Å². The Morgan fingerprint density at radius 1 is 0.838 bits per heavy atom. The van der Waals surface area contributed by atoms with E-state index < -0.39 is 29.0 Å². The minimum Gasteiger partial charge on any atom is -0.496 e. The van der Waals surface area contributed by atoms with Crippen molar-refractivity contribution in [1.82, 2.24) is 9.88 Å². The molecule has 0 saturated carbocycles. The Morgan fingerprint density at radius 2 is 1.43 bits per heavy atom. The Balaban J connectivity index is 1.74. The first-order valence-electron chi connectivity index (χ1n) is 11.6. The highest BCUT2D eigenvalue weighted by Gasteiger charge is 2.41. The van der Waals surface area contributed by atoms with Gasteiger partial charge in [0.05, 0.1) is 23.8 Å². The van der Waals surface area contributed by atoms with Gasteiger partial charge in [-0.1, -0.05) is 24.3 Å². The fraction of sp³-hybridized carbons (Fsp3) is 0.333. The van der Waals surface area contributed by atoms with E-state index in [9.17, 15) is 26.3 Å². The van der Waals surface area contributed by atoms with Gasteiger partial charge in [-0.3, -0.25) is 4.90 Å². The zero-order valence-electron chi connectivity index (χ0n) is 20.1. The van der Waals surface area contributed by atoms with E-state index in [1.54, 1.807) is 30.5 Å². The number of ether oxygens (including phenoxy) is 1. The number of aromatic nitrogens is 1. The van der Waals surface area contributed by atoms with Crippen molar-refractivity contribution in [3.8, 4) is 5.75 Å². The Bertz CT molecular complexity index is 1170. The fourth-order valence-electron chi connectivity index (χ4n) is 4.77. The molecule has 197 valence electrons. The number of anilines is 1. The molecule has 37 heavy (non-hydrogen) atoms. The average molecular weight is 523 g/mol. The lowest BCUT2D eigenvalue weighted by molar-refractivity contribution is -0.143. The molecule has 1 atom stereocenters. The summed E-state index contributed by atoms with van der Waals surface area (Å²) in [5.41, 5.74) is -3.43. The SMILES string of the molecule is [CH2]C(Cc1cc(C(F)(F)F)cc(C(F)(F)F)c1)(c1ccccc1OC)N1CCN(c2ccccn2)CC1. The number of hydrogen-bond donors (Lipinski definition) is 0. The number of rotatable bonds is 6. The van der Waals surface area contributed by atoms with E-state index in [1.807, 2.05) is 23.1 Å². The Morgan fingerprint density at radius 3 is 1.97 bits per heavy atom. The molecule has 0 spiro atoms. The second kappa shape index (κ2) is 10.2. The summed E-state index contributed by atoms with van der Waals surface area (Å²) in [6.07, 6.45) is -8.37. The van der Waals surface area contributed by atoms with Gasteiger partial charge in [0, 0.05) is 37.9 Å². The van der Waals surface area contributed by atoms with Gasteiger partial charge in [-0.15, -0.1) is 0 Å². The second-order valence-electron chi connectivity index (χ2n) is 8.98. The van der Waals surface area contributed by atoms with Gasteiger partial charge in [0.1, 0.15) is 11.6 Å². The number of hydrogen-bond acceptors (Lipinski definition) is 4. The lowest BCUT2D eigenvalue weighted by atomic mass is 9.82. The van der Waals surface area contributed by atoms with E-state index in [-0.39, 0.29) is 18.1 Å². The van der Waals surface area contributed by atoms with E-state index in [4.69, 9.17) is 4.74 Å². The third-order valence-corrected chi connectivity index (χ3v) is 6.61. The molecule has 0 N–H and O–H groups in total. The first kappa shape index (κ1) is 26.8. The van der Waals surface area contributed by atoms with E-state index in [0.717, 1.165) is 18.0 Å². The van der Waals surface area contributed by atoms with Gasteiger partial charge >= 0.3 is 12.4 Å². The Hall–Kier alpha value is -3.27. The van der Waals surface area contributed by atoms with Crippen LogP contribution in [0.1, 0.15) is 22.3 Å². The summed E-state index contributed by atoms with van der Waals surface area (Å²) >= 11 is 0. The van der Waals surface area contributed by atoms with Crippen LogP contribution >= 0.6 is 0 Å². The maximum absolute atomic E-state index is 13.5. The molecule has 1 aromatic heterocycles. The van der Waals surface area contributed by atoms with Crippen LogP contribution in [0, 0.1) is 6.92 Å². The predicted molar refractivity (Wildman–Crippen MR) is 128 cm³/mol. The van der Waals surface area contributed by atoms with Gasteiger partial charge in [-0.2, -0.15) is 26.3 Å². The van der Waals surface area contributed by atoms with Crippen LogP contribution in [0.15, 0.2) is 66.9 Å². The smallest absolute Gasteiger partial charge is 0.416 e. The molecule has 2 heterocycles. The fourth-order valence-corrected chi connectivity index (χ4v) is 4.77. The molecular weight excluding hydrogens is 496 g/mol. The third-order valence-electron chi connectivity index (χ3n) is 6.61. The number of piperazine rings is 1. The molecule has 0 amide bonds. The highest BCUT2D eigenvalue weighted by atomic mass is 19.4. The van der Waals surface area contributed by atoms with E-state index in [0.29, 0.717) is 37.5 Å². The zero-order valence-corrected chi connectivity index (χ0v) is 20.1. The number of pyridine rings is 1. The van der Waals surface area contributed by atoms with Crippen molar-refractivity contribution in [2.24, 2.45) is 0 Å². The largest absolute Gasteiger partial charge is 0.496 e. The molecule has 0 bridgehead atoms. The van der Waals surface area contributed by atoms with Crippen LogP contribution < -0.4 is 9.64 Å². The van der Waals surface area contributed by atoms with Gasteiger partial charge in [0.25, 0.3) is 0 Å². The number of alkyl halides is 6. The van der Waals surface area contributed by atoms with Crippen LogP contribution in [-0.4, -0.2) is 43.2 Å². The first-order chi connectivity index (χ1) is 17.4. The third kappa shape index (κ3) is 5.84. The lowest BCUT2D eigenvalue weighted by Crippen LogP contribution is -2.55. The molecule has 4 rings (SSSR count). The molecule has 2 aromatic carbocycles. The molecule has 10 heteroatoms. The monoisotopic (exact) mass is 522 g/mol. The number of nitrogens with zero attached hydrogens (tertiary/aromatic N) is 3. The average Bonchev–Trinajstić information content (AvgIpc) is 2.88. The Kier molecular flexibility index (Phi) is 7.41. The molecular formula is C27H26F6N3O. The highest BCUT2D eigenvalue weighted by molar-refractivity contribution is 5.44. The van der Waals surface area contributed by atoms with Crippen LogP contribution in [0.3, 0.4) is 0 Å². The van der Waals surface area contributed by atoms with Crippen LogP contribution in [0.2, 0.25) is 0 Å². The molecule has 1 saturated heterocycles. The van der Waals surface area contributed by atoms with Crippen molar-refractivity contribution in [3.63, 3.8) is 0 Å². The number of methoxy groups -OCH3 is 1. The topological polar surface area (TPSA) is 28.6 Å². The summed E-state index contributed by atoms with van der Waals surface area (Å²) in [6, 6.07) is 14.2. The summed E-state index contributed by atoms with van der Waals surface area (Å²) in [5.74, 6) is 1.24. The predicted octanol–water partition coefficient (Wildman–Crippen LogP) is 6.22. The Labute approximate surface area is 211 Å². The normalized spacial score (nSPS) is 16.9. The summed E-state index contributed by atoms with van der Waals surface area (Å²) in [6.45, 7) is 6.43. The van der Waals surface area contributed by atoms with Crippen LogP contribution in [0.25, 0.3) is 0 Å². The summed E-state index contributed by atoms with van der Waals surface area (Å²) < 4.78 is 86.8. The van der Waals surface area contributed by atoms with Crippen molar-refractivity contribution in [2.45, 2.75) is 24.3 Å². The van der Waals surface area contributed by atoms with Gasteiger partial charge in [-0.25, -0.2) is 4.98 Å². The highest BCUT2D eigenvalue weighted by Crippen LogP contribution is 2.41. The number of benzene rings is 2. The minimum absolute atomic E-state index is 0.116. The summed E-state index contributed by atoms with van der Waals surface area (Å²) in [4.78, 5) is 8.43. The molecule has 1 radical (unpaired) electrons. The van der Waals surface area contributed by atoms with E-state index >= 15 is 0 Å². The van der Waals surface area contributed by atoms with Crippen LogP contribution in [0.4, 0.5) is 32.2 Å². The van der Waals surface area contributed by atoms with Crippen molar-refractivity contribution in [1.29, 1.82) is 0 Å². The molecule has 0 aliphatic carbocycles. The molecule has 1 aliphatic heterocycles. The van der Waals surface area contributed by atoms with E-state index in [2.05, 4.69) is 16.8 Å². The molecule has 1 aliphatic rings. The summed E-state index contributed by atoms with van der Waals surface area (Å²) in [7, 11) is 1.46. The lowest BCUT2D eigenvalue weighted by Gasteiger charge is -2.47. The number of halogens is 6. The quantitative estimate of drug-likeness (QED) is 0.360. The molecule has 1 unspecified atom stereocenters. The van der Waals surface area contributed by atoms with Crippen molar-refractivity contribution < 1.29 is 31.1 Å². The zero-order chi connectivity index (χ0) is 26.8. The van der Waals surface area contributed by atoms with Gasteiger partial charge in [0.2, 0.25) is 0 Å². The van der Waals surface area contributed by atoms with Crippen LogP contribution in [-0.2, 0) is 24.3 Å². The maximum Gasteiger partial charge on any atom is 0.416 e. The maximum atomic E-state index is 13.5. The van der Waals surface area contributed by atoms with Crippen molar-refractivity contribution in [3.05, 3.63) is 96.0 Å².